The zero-order valence-corrected chi connectivity index (χ0v) is 20.7. The van der Waals surface area contributed by atoms with Gasteiger partial charge in [0, 0.05) is 18.0 Å². The summed E-state index contributed by atoms with van der Waals surface area (Å²) < 4.78 is 7.80. The lowest BCUT2D eigenvalue weighted by Crippen LogP contribution is -2.35. The van der Waals surface area contributed by atoms with Gasteiger partial charge in [0.05, 0.1) is 16.8 Å². The minimum atomic E-state index is -0.322. The fourth-order valence-electron chi connectivity index (χ4n) is 3.86. The van der Waals surface area contributed by atoms with E-state index in [1.165, 1.54) is 15.9 Å². The van der Waals surface area contributed by atoms with Crippen LogP contribution in [0.4, 0.5) is 0 Å². The van der Waals surface area contributed by atoms with Crippen LogP contribution in [0.5, 0.6) is 5.75 Å². The average Bonchev–Trinajstić information content (AvgIpc) is 3.50. The summed E-state index contributed by atoms with van der Waals surface area (Å²) in [5.41, 5.74) is 1.19. The van der Waals surface area contributed by atoms with Gasteiger partial charge in [0.15, 0.2) is 5.57 Å². The van der Waals surface area contributed by atoms with Crippen LogP contribution in [0.25, 0.3) is 17.3 Å². The Morgan fingerprint density at radius 2 is 1.82 bits per heavy atom. The fourth-order valence-corrected chi connectivity index (χ4v) is 5.36. The molecule has 0 bridgehead atoms. The number of thiazole rings is 1. The maximum Gasteiger partial charge on any atom is 0.273 e. The molecule has 2 aromatic carbocycles. The quantitative estimate of drug-likeness (QED) is 0.495. The van der Waals surface area contributed by atoms with E-state index in [9.17, 15) is 14.9 Å². The third-order valence-corrected chi connectivity index (χ3v) is 7.41. The molecule has 1 saturated heterocycles. The van der Waals surface area contributed by atoms with E-state index in [4.69, 9.17) is 4.74 Å². The monoisotopic (exact) mass is 491 g/mol. The number of nitrogens with zero attached hydrogens (tertiary/aromatic N) is 3. The molecule has 1 fully saturated rings. The van der Waals surface area contributed by atoms with Gasteiger partial charge >= 0.3 is 0 Å². The van der Waals surface area contributed by atoms with Gasteiger partial charge in [-0.25, -0.2) is 0 Å². The molecule has 1 aromatic heterocycles. The number of thioether (sulfide) groups is 1. The largest absolute Gasteiger partial charge is 0.494 e. The molecular weight excluding hydrogens is 466 g/mol. The summed E-state index contributed by atoms with van der Waals surface area (Å²) in [6.07, 6.45) is 5.66. The van der Waals surface area contributed by atoms with Crippen molar-refractivity contribution in [1.82, 2.24) is 9.47 Å². The SMILES string of the molecule is CCOc1ccc(-n2c(=O)/c(=C\c3ccc(SC)cc3)s/c2=C(/C#N)C(=O)N2CCCC2)cc1. The molecule has 34 heavy (non-hydrogen) atoms. The van der Waals surface area contributed by atoms with Crippen molar-refractivity contribution in [3.63, 3.8) is 0 Å². The molecule has 3 aromatic rings. The summed E-state index contributed by atoms with van der Waals surface area (Å²) in [7, 11) is 0. The fraction of sp³-hybridized carbons (Fsp3) is 0.269. The first kappa shape index (κ1) is 23.9. The van der Waals surface area contributed by atoms with Gasteiger partial charge in [-0.2, -0.15) is 5.26 Å². The lowest BCUT2D eigenvalue weighted by atomic mass is 10.2. The Hall–Kier alpha value is -3.28. The van der Waals surface area contributed by atoms with Crippen molar-refractivity contribution in [2.24, 2.45) is 0 Å². The van der Waals surface area contributed by atoms with Crippen molar-refractivity contribution >= 4 is 40.7 Å². The Bertz CT molecular complexity index is 1390. The zero-order chi connectivity index (χ0) is 24.1. The van der Waals surface area contributed by atoms with Crippen LogP contribution in [0.15, 0.2) is 58.2 Å². The number of hydrogen-bond donors (Lipinski definition) is 0. The third-order valence-electron chi connectivity index (χ3n) is 5.58. The van der Waals surface area contributed by atoms with Crippen LogP contribution in [0, 0.1) is 11.3 Å². The lowest BCUT2D eigenvalue weighted by Gasteiger charge is -2.14. The molecule has 4 rings (SSSR count). The van der Waals surface area contributed by atoms with Crippen LogP contribution in [-0.2, 0) is 4.79 Å². The highest BCUT2D eigenvalue weighted by molar-refractivity contribution is 7.98. The van der Waals surface area contributed by atoms with E-state index in [-0.39, 0.29) is 17.0 Å². The first-order chi connectivity index (χ1) is 16.5. The van der Waals surface area contributed by atoms with Crippen LogP contribution < -0.4 is 19.5 Å². The van der Waals surface area contributed by atoms with Crippen LogP contribution in [-0.4, -0.2) is 41.3 Å². The molecule has 1 amide bonds. The highest BCUT2D eigenvalue weighted by Gasteiger charge is 2.24. The predicted molar refractivity (Wildman–Crippen MR) is 137 cm³/mol. The van der Waals surface area contributed by atoms with Gasteiger partial charge in [-0.05, 0) is 74.1 Å². The average molecular weight is 492 g/mol. The molecule has 8 heteroatoms. The topological polar surface area (TPSA) is 75.3 Å². The first-order valence-electron chi connectivity index (χ1n) is 11.1. The molecule has 0 spiro atoms. The van der Waals surface area contributed by atoms with E-state index in [1.54, 1.807) is 47.0 Å². The minimum absolute atomic E-state index is 0.00438. The van der Waals surface area contributed by atoms with Gasteiger partial charge < -0.3 is 9.64 Å². The van der Waals surface area contributed by atoms with Crippen LogP contribution in [0.2, 0.25) is 0 Å². The highest BCUT2D eigenvalue weighted by Crippen LogP contribution is 2.16. The van der Waals surface area contributed by atoms with Crippen molar-refractivity contribution < 1.29 is 9.53 Å². The molecule has 6 nitrogen and oxygen atoms in total. The summed E-state index contributed by atoms with van der Waals surface area (Å²) in [6, 6.07) is 17.1. The van der Waals surface area contributed by atoms with Crippen LogP contribution in [0.1, 0.15) is 25.3 Å². The number of carbonyl (C=O) groups excluding carboxylic acids is 1. The Morgan fingerprint density at radius 1 is 1.15 bits per heavy atom. The number of aromatic nitrogens is 1. The molecule has 174 valence electrons. The van der Waals surface area contributed by atoms with E-state index in [2.05, 4.69) is 6.07 Å². The van der Waals surface area contributed by atoms with Gasteiger partial charge in [-0.15, -0.1) is 23.1 Å². The smallest absolute Gasteiger partial charge is 0.273 e. The predicted octanol–water partition coefficient (Wildman–Crippen LogP) is 3.15. The molecule has 0 radical (unpaired) electrons. The van der Waals surface area contributed by atoms with Crippen LogP contribution >= 0.6 is 23.1 Å². The Kier molecular flexibility index (Phi) is 7.56. The normalized spacial score (nSPS) is 14.7. The van der Waals surface area contributed by atoms with E-state index in [0.29, 0.717) is 40.3 Å². The van der Waals surface area contributed by atoms with Crippen molar-refractivity contribution in [2.45, 2.75) is 24.7 Å². The molecule has 1 aliphatic heterocycles. The van der Waals surface area contributed by atoms with Crippen molar-refractivity contribution in [1.29, 1.82) is 5.26 Å². The molecule has 0 unspecified atom stereocenters. The number of carbonyl (C=O) groups is 1. The first-order valence-corrected chi connectivity index (χ1v) is 13.1. The number of likely N-dealkylation sites (tertiary alicyclic amines) is 1. The molecule has 0 atom stereocenters. The second-order valence-electron chi connectivity index (χ2n) is 7.74. The summed E-state index contributed by atoms with van der Waals surface area (Å²) in [4.78, 5) is 29.5. The number of benzene rings is 2. The summed E-state index contributed by atoms with van der Waals surface area (Å²) in [6.45, 7) is 3.70. The van der Waals surface area contributed by atoms with Gasteiger partial charge in [0.25, 0.3) is 11.5 Å². The van der Waals surface area contributed by atoms with Crippen LogP contribution in [0.3, 0.4) is 0 Å². The second kappa shape index (κ2) is 10.8. The van der Waals surface area contributed by atoms with Crippen molar-refractivity contribution in [2.75, 3.05) is 26.0 Å². The Morgan fingerprint density at radius 3 is 2.41 bits per heavy atom. The molecular formula is C26H25N3O3S2. The zero-order valence-electron chi connectivity index (χ0n) is 19.1. The van der Waals surface area contributed by atoms with Crippen molar-refractivity contribution in [3.8, 4) is 17.5 Å². The molecule has 0 N–H and O–H groups in total. The van der Waals surface area contributed by atoms with Crippen molar-refractivity contribution in [3.05, 3.63) is 73.6 Å². The Balaban J connectivity index is 1.94. The number of hydrogen-bond acceptors (Lipinski definition) is 6. The van der Waals surface area contributed by atoms with E-state index >= 15 is 0 Å². The molecule has 1 aliphatic rings. The number of rotatable bonds is 6. The maximum absolute atomic E-state index is 13.6. The van der Waals surface area contributed by atoms with Gasteiger partial charge in [0.2, 0.25) is 0 Å². The summed E-state index contributed by atoms with van der Waals surface area (Å²) in [5.74, 6) is 0.367. The van der Waals surface area contributed by atoms with E-state index < -0.39 is 0 Å². The molecule has 2 heterocycles. The third kappa shape index (κ3) is 4.96. The Labute approximate surface area is 206 Å². The van der Waals surface area contributed by atoms with Gasteiger partial charge in [-0.1, -0.05) is 12.1 Å². The van der Waals surface area contributed by atoms with E-state index in [1.807, 2.05) is 37.4 Å². The second-order valence-corrected chi connectivity index (χ2v) is 9.65. The molecule has 0 saturated carbocycles. The maximum atomic E-state index is 13.6. The lowest BCUT2D eigenvalue weighted by molar-refractivity contribution is -0.123. The van der Waals surface area contributed by atoms with E-state index in [0.717, 1.165) is 23.3 Å². The number of nitriles is 1. The number of ether oxygens (including phenoxy) is 1. The standard InChI is InChI=1S/C26H25N3O3S2/c1-3-32-20-10-8-19(9-11-20)29-25(31)23(16-18-6-12-21(33-2)13-7-18)34-26(29)22(17-27)24(30)28-14-4-5-15-28/h6-13,16H,3-5,14-15H2,1-2H3/b23-16+,26-22-. The summed E-state index contributed by atoms with van der Waals surface area (Å²) >= 11 is 2.82. The molecule has 0 aliphatic carbocycles. The van der Waals surface area contributed by atoms with Gasteiger partial charge in [-0.3, -0.25) is 14.2 Å². The highest BCUT2D eigenvalue weighted by atomic mass is 32.2. The number of amides is 1. The summed E-state index contributed by atoms with van der Waals surface area (Å²) in [5, 5.41) is 9.97. The minimum Gasteiger partial charge on any atom is -0.494 e. The van der Waals surface area contributed by atoms with Gasteiger partial charge in [0.1, 0.15) is 16.5 Å².